The first-order chi connectivity index (χ1) is 12.4. The van der Waals surface area contributed by atoms with Gasteiger partial charge in [0, 0.05) is 23.5 Å². The van der Waals surface area contributed by atoms with Crippen molar-refractivity contribution in [3.05, 3.63) is 30.0 Å². The van der Waals surface area contributed by atoms with Crippen LogP contribution in [0.3, 0.4) is 0 Å². The van der Waals surface area contributed by atoms with Gasteiger partial charge in [0.2, 0.25) is 5.88 Å². The van der Waals surface area contributed by atoms with Crippen molar-refractivity contribution in [1.29, 1.82) is 0 Å². The fourth-order valence-electron chi connectivity index (χ4n) is 3.01. The molecule has 1 saturated heterocycles. The second-order valence-electron chi connectivity index (χ2n) is 6.40. The van der Waals surface area contributed by atoms with E-state index in [4.69, 9.17) is 15.2 Å². The summed E-state index contributed by atoms with van der Waals surface area (Å²) in [5.74, 6) is -0.0415. The highest BCUT2D eigenvalue weighted by Crippen LogP contribution is 2.51. The Morgan fingerprint density at radius 3 is 2.54 bits per heavy atom. The highest BCUT2D eigenvalue weighted by Gasteiger charge is 2.57. The molecule has 2 aromatic rings. The van der Waals surface area contributed by atoms with Crippen LogP contribution in [0, 0.1) is 5.41 Å². The molecule has 1 spiro atoms. The van der Waals surface area contributed by atoms with Crippen LogP contribution in [0.2, 0.25) is 0 Å². The number of benzene rings is 1. The molecule has 2 heterocycles. The molecular formula is C18H20FN3O4. The first-order valence-corrected chi connectivity index (χ1v) is 8.14. The molecule has 0 radical (unpaired) electrons. The van der Waals surface area contributed by atoms with Gasteiger partial charge >= 0.3 is 0 Å². The monoisotopic (exact) mass is 361 g/mol. The van der Waals surface area contributed by atoms with Crippen molar-refractivity contribution in [2.75, 3.05) is 20.8 Å². The van der Waals surface area contributed by atoms with Crippen molar-refractivity contribution < 1.29 is 23.5 Å². The van der Waals surface area contributed by atoms with Gasteiger partial charge in [0.15, 0.2) is 6.17 Å². The summed E-state index contributed by atoms with van der Waals surface area (Å²) in [6.07, 6.45) is 2.16. The van der Waals surface area contributed by atoms with Crippen molar-refractivity contribution in [2.24, 2.45) is 11.1 Å². The zero-order valence-electron chi connectivity index (χ0n) is 14.5. The third kappa shape index (κ3) is 3.14. The van der Waals surface area contributed by atoms with Gasteiger partial charge < -0.3 is 20.5 Å². The van der Waals surface area contributed by atoms with E-state index in [2.05, 4.69) is 10.3 Å². The van der Waals surface area contributed by atoms with E-state index in [9.17, 15) is 14.0 Å². The van der Waals surface area contributed by atoms with Crippen molar-refractivity contribution >= 4 is 22.6 Å². The van der Waals surface area contributed by atoms with E-state index >= 15 is 0 Å². The van der Waals surface area contributed by atoms with Crippen LogP contribution in [0.5, 0.6) is 11.6 Å². The average Bonchev–Trinajstić information content (AvgIpc) is 3.39. The number of amides is 2. The quantitative estimate of drug-likeness (QED) is 0.864. The molecule has 1 aromatic carbocycles. The number of carbonyl (C=O) groups is 2. The summed E-state index contributed by atoms with van der Waals surface area (Å²) < 4.78 is 23.0. The van der Waals surface area contributed by atoms with Crippen LogP contribution < -0.4 is 20.5 Å². The maximum Gasteiger partial charge on any atom is 0.255 e. The summed E-state index contributed by atoms with van der Waals surface area (Å²) >= 11 is 0. The van der Waals surface area contributed by atoms with E-state index < -0.39 is 18.0 Å². The highest BCUT2D eigenvalue weighted by molar-refractivity contribution is 6.01. The minimum atomic E-state index is -1.21. The van der Waals surface area contributed by atoms with Gasteiger partial charge in [-0.2, -0.15) is 0 Å². The molecule has 2 aliphatic rings. The lowest BCUT2D eigenvalue weighted by Crippen LogP contribution is -2.20. The number of alkyl halides is 1. The van der Waals surface area contributed by atoms with E-state index in [0.717, 1.165) is 23.6 Å². The largest absolute Gasteiger partial charge is 0.496 e. The number of ether oxygens (including phenoxy) is 2. The Morgan fingerprint density at radius 2 is 2.08 bits per heavy atom. The first-order valence-electron chi connectivity index (χ1n) is 8.14. The Kier molecular flexibility index (Phi) is 4.67. The number of fused-ring (bicyclic) bond motifs is 1. The average molecular weight is 361 g/mol. The molecule has 1 aromatic heterocycles. The van der Waals surface area contributed by atoms with Gasteiger partial charge in [0.25, 0.3) is 11.8 Å². The summed E-state index contributed by atoms with van der Waals surface area (Å²) in [5.41, 5.74) is 5.37. The van der Waals surface area contributed by atoms with Crippen LogP contribution in [-0.4, -0.2) is 43.7 Å². The molecule has 1 aliphatic heterocycles. The first kappa shape index (κ1) is 17.9. The van der Waals surface area contributed by atoms with Gasteiger partial charge in [-0.3, -0.25) is 9.59 Å². The molecule has 1 aliphatic carbocycles. The smallest absolute Gasteiger partial charge is 0.255 e. The molecule has 2 amide bonds. The topological polar surface area (TPSA) is 104 Å². The number of aromatic nitrogens is 1. The number of carbonyl (C=O) groups excluding carboxylic acids is 2. The van der Waals surface area contributed by atoms with Gasteiger partial charge in [0.1, 0.15) is 5.75 Å². The third-order valence-electron chi connectivity index (χ3n) is 4.78. The Morgan fingerprint density at radius 1 is 1.35 bits per heavy atom. The van der Waals surface area contributed by atoms with Gasteiger partial charge in [-0.05, 0) is 36.4 Å². The molecule has 26 heavy (non-hydrogen) atoms. The number of hydrogen-bond acceptors (Lipinski definition) is 5. The maximum absolute atomic E-state index is 12.7. The van der Waals surface area contributed by atoms with E-state index in [1.54, 1.807) is 24.4 Å². The van der Waals surface area contributed by atoms with Crippen LogP contribution in [0.25, 0.3) is 10.8 Å². The molecule has 4 rings (SSSR count). The summed E-state index contributed by atoms with van der Waals surface area (Å²) in [6, 6.07) is 5.14. The SMILES string of the molecule is COc1cc2c(OC)nccc2cc1C(N)=O.O=C1NCC2(CC2)C1F. The lowest BCUT2D eigenvalue weighted by atomic mass is 10.1. The molecule has 1 unspecified atom stereocenters. The molecule has 8 heteroatoms. The molecule has 7 nitrogen and oxygen atoms in total. The Balaban J connectivity index is 0.000000181. The zero-order chi connectivity index (χ0) is 18.9. The highest BCUT2D eigenvalue weighted by atomic mass is 19.1. The number of halogens is 1. The van der Waals surface area contributed by atoms with Crippen LogP contribution in [0.15, 0.2) is 24.4 Å². The Bertz CT molecular complexity index is 867. The number of nitrogens with two attached hydrogens (primary N) is 1. The fourth-order valence-corrected chi connectivity index (χ4v) is 3.01. The number of nitrogens with zero attached hydrogens (tertiary/aromatic N) is 1. The normalized spacial score (nSPS) is 19.5. The van der Waals surface area contributed by atoms with Crippen molar-refractivity contribution in [1.82, 2.24) is 10.3 Å². The standard InChI is InChI=1S/C12H12N2O3.C6H8FNO/c1-16-10-6-8-7(5-9(10)11(13)15)3-4-14-12(8)17-2;7-4-5(9)8-3-6(4)1-2-6/h3-6H,1-2H3,(H2,13,15);4H,1-3H2,(H,8,9). The fraction of sp³-hybridized carbons (Fsp3) is 0.389. The zero-order valence-corrected chi connectivity index (χ0v) is 14.5. The lowest BCUT2D eigenvalue weighted by molar-refractivity contribution is -0.124. The van der Waals surface area contributed by atoms with Crippen molar-refractivity contribution in [3.8, 4) is 11.6 Å². The molecular weight excluding hydrogens is 341 g/mol. The van der Waals surface area contributed by atoms with Crippen molar-refractivity contribution in [3.63, 3.8) is 0 Å². The number of pyridine rings is 1. The lowest BCUT2D eigenvalue weighted by Gasteiger charge is -2.09. The summed E-state index contributed by atoms with van der Waals surface area (Å²) in [6.45, 7) is 0.562. The van der Waals surface area contributed by atoms with Gasteiger partial charge in [-0.15, -0.1) is 0 Å². The number of hydrogen-bond donors (Lipinski definition) is 2. The molecule has 138 valence electrons. The Labute approximate surface area is 149 Å². The van der Waals surface area contributed by atoms with Gasteiger partial charge in [-0.25, -0.2) is 9.37 Å². The molecule has 1 atom stereocenters. The van der Waals surface area contributed by atoms with E-state index in [1.165, 1.54) is 14.2 Å². The van der Waals surface area contributed by atoms with Crippen LogP contribution in [-0.2, 0) is 4.79 Å². The summed E-state index contributed by atoms with van der Waals surface area (Å²) in [7, 11) is 3.02. The van der Waals surface area contributed by atoms with Crippen LogP contribution in [0.1, 0.15) is 23.2 Å². The van der Waals surface area contributed by atoms with Crippen LogP contribution >= 0.6 is 0 Å². The third-order valence-corrected chi connectivity index (χ3v) is 4.78. The van der Waals surface area contributed by atoms with E-state index in [-0.39, 0.29) is 5.41 Å². The molecule has 1 saturated carbocycles. The number of methoxy groups -OCH3 is 2. The Hall–Kier alpha value is -2.90. The minimum absolute atomic E-state index is 0.253. The molecule has 2 fully saturated rings. The second-order valence-corrected chi connectivity index (χ2v) is 6.40. The van der Waals surface area contributed by atoms with Gasteiger partial charge in [-0.1, -0.05) is 0 Å². The number of nitrogens with one attached hydrogen (secondary N) is 1. The minimum Gasteiger partial charge on any atom is -0.496 e. The summed E-state index contributed by atoms with van der Waals surface area (Å²) in [4.78, 5) is 25.9. The second kappa shape index (κ2) is 6.78. The number of rotatable bonds is 3. The number of primary amides is 1. The van der Waals surface area contributed by atoms with Crippen LogP contribution in [0.4, 0.5) is 4.39 Å². The van der Waals surface area contributed by atoms with Crippen molar-refractivity contribution in [2.45, 2.75) is 19.0 Å². The predicted molar refractivity (Wildman–Crippen MR) is 92.9 cm³/mol. The maximum atomic E-state index is 12.7. The summed E-state index contributed by atoms with van der Waals surface area (Å²) in [5, 5.41) is 4.11. The van der Waals surface area contributed by atoms with E-state index in [0.29, 0.717) is 23.7 Å². The predicted octanol–water partition coefficient (Wildman–Crippen LogP) is 1.59. The molecule has 3 N–H and O–H groups in total. The molecule has 0 bridgehead atoms. The van der Waals surface area contributed by atoms with Gasteiger partial charge in [0.05, 0.1) is 19.8 Å². The van der Waals surface area contributed by atoms with E-state index in [1.807, 2.05) is 0 Å².